The zero-order valence-electron chi connectivity index (χ0n) is 16.4. The molecule has 0 amide bonds. The number of carbonyl (C=O) groups excluding carboxylic acids is 1. The standard InChI is InChI=1S/C22H32O3/c1-16(8-7-9-17(2)13-15-25-19(4)23)10-11-20-18(3)21(24)12-14-22(20,5)6/h7-11,13,21,24H,12,14-15H2,1-6H3/b9-7+,11-10+,16-8+,17-13+/t21-/m0/s1. The van der Waals surface area contributed by atoms with Gasteiger partial charge in [-0.1, -0.05) is 55.4 Å². The summed E-state index contributed by atoms with van der Waals surface area (Å²) >= 11 is 0. The molecule has 0 saturated heterocycles. The molecule has 1 N–H and O–H groups in total. The molecule has 0 heterocycles. The Balaban J connectivity index is 2.74. The van der Waals surface area contributed by atoms with E-state index in [2.05, 4.69) is 32.9 Å². The lowest BCUT2D eigenvalue weighted by Gasteiger charge is -2.35. The maximum Gasteiger partial charge on any atom is 0.302 e. The molecule has 0 aliphatic heterocycles. The van der Waals surface area contributed by atoms with Crippen LogP contribution in [0, 0.1) is 5.41 Å². The van der Waals surface area contributed by atoms with Gasteiger partial charge in [0.2, 0.25) is 0 Å². The predicted octanol–water partition coefficient (Wildman–Crippen LogP) is 5.05. The lowest BCUT2D eigenvalue weighted by molar-refractivity contribution is -0.139. The summed E-state index contributed by atoms with van der Waals surface area (Å²) in [7, 11) is 0. The fourth-order valence-electron chi connectivity index (χ4n) is 2.90. The van der Waals surface area contributed by atoms with Crippen molar-refractivity contribution < 1.29 is 14.6 Å². The monoisotopic (exact) mass is 344 g/mol. The van der Waals surface area contributed by atoms with Crippen LogP contribution < -0.4 is 0 Å². The number of carbonyl (C=O) groups is 1. The number of rotatable bonds is 6. The molecular formula is C22H32O3. The van der Waals surface area contributed by atoms with Crippen LogP contribution in [0.15, 0.2) is 58.7 Å². The van der Waals surface area contributed by atoms with Gasteiger partial charge in [0.25, 0.3) is 0 Å². The molecule has 0 aromatic heterocycles. The first kappa shape index (κ1) is 21.2. The normalized spacial score (nSPS) is 22.1. The first-order valence-electron chi connectivity index (χ1n) is 8.86. The lowest BCUT2D eigenvalue weighted by atomic mass is 9.71. The summed E-state index contributed by atoms with van der Waals surface area (Å²) in [5, 5.41) is 10.1. The molecule has 0 saturated carbocycles. The lowest BCUT2D eigenvalue weighted by Crippen LogP contribution is -2.27. The molecule has 0 fully saturated rings. The molecule has 0 spiro atoms. The third-order valence-corrected chi connectivity index (χ3v) is 4.62. The van der Waals surface area contributed by atoms with Gasteiger partial charge in [-0.3, -0.25) is 4.79 Å². The summed E-state index contributed by atoms with van der Waals surface area (Å²) in [6, 6.07) is 0. The van der Waals surface area contributed by atoms with Gasteiger partial charge in [0, 0.05) is 6.92 Å². The van der Waals surface area contributed by atoms with E-state index in [0.29, 0.717) is 6.61 Å². The van der Waals surface area contributed by atoms with Gasteiger partial charge in [0.15, 0.2) is 0 Å². The second-order valence-corrected chi connectivity index (χ2v) is 7.39. The number of ether oxygens (including phenoxy) is 1. The molecule has 25 heavy (non-hydrogen) atoms. The van der Waals surface area contributed by atoms with E-state index in [1.807, 2.05) is 38.2 Å². The van der Waals surface area contributed by atoms with E-state index < -0.39 is 0 Å². The van der Waals surface area contributed by atoms with E-state index in [0.717, 1.165) is 29.6 Å². The number of esters is 1. The number of aliphatic hydroxyl groups excluding tert-OH is 1. The highest BCUT2D eigenvalue weighted by Crippen LogP contribution is 2.40. The number of hydrogen-bond acceptors (Lipinski definition) is 3. The average molecular weight is 344 g/mol. The van der Waals surface area contributed by atoms with Gasteiger partial charge in [0.1, 0.15) is 6.61 Å². The Kier molecular flexibility index (Phi) is 8.11. The summed E-state index contributed by atoms with van der Waals surface area (Å²) in [4.78, 5) is 10.7. The third-order valence-electron chi connectivity index (χ3n) is 4.62. The van der Waals surface area contributed by atoms with E-state index in [9.17, 15) is 9.90 Å². The van der Waals surface area contributed by atoms with E-state index >= 15 is 0 Å². The van der Waals surface area contributed by atoms with E-state index in [4.69, 9.17) is 4.74 Å². The van der Waals surface area contributed by atoms with Crippen LogP contribution in [-0.4, -0.2) is 23.8 Å². The van der Waals surface area contributed by atoms with Gasteiger partial charge in [-0.2, -0.15) is 0 Å². The van der Waals surface area contributed by atoms with Crippen molar-refractivity contribution >= 4 is 5.97 Å². The van der Waals surface area contributed by atoms with Gasteiger partial charge in [-0.25, -0.2) is 0 Å². The zero-order valence-corrected chi connectivity index (χ0v) is 16.4. The van der Waals surface area contributed by atoms with Gasteiger partial charge in [0.05, 0.1) is 6.10 Å². The maximum absolute atomic E-state index is 10.7. The summed E-state index contributed by atoms with van der Waals surface area (Å²) in [5.41, 5.74) is 4.61. The highest BCUT2D eigenvalue weighted by molar-refractivity contribution is 5.66. The van der Waals surface area contributed by atoms with Crippen LogP contribution in [0.2, 0.25) is 0 Å². The summed E-state index contributed by atoms with van der Waals surface area (Å²) in [6.07, 6.45) is 13.6. The zero-order chi connectivity index (χ0) is 19.0. The van der Waals surface area contributed by atoms with Crippen LogP contribution in [0.3, 0.4) is 0 Å². The molecule has 1 aliphatic carbocycles. The maximum atomic E-state index is 10.7. The Morgan fingerprint density at radius 2 is 1.92 bits per heavy atom. The minimum Gasteiger partial charge on any atom is -0.462 e. The second-order valence-electron chi connectivity index (χ2n) is 7.39. The molecule has 0 aromatic carbocycles. The Hall–Kier alpha value is -1.87. The summed E-state index contributed by atoms with van der Waals surface area (Å²) in [6.45, 7) is 12.2. The fourth-order valence-corrected chi connectivity index (χ4v) is 2.90. The first-order chi connectivity index (χ1) is 11.6. The highest BCUT2D eigenvalue weighted by atomic mass is 16.5. The number of hydrogen-bond donors (Lipinski definition) is 1. The van der Waals surface area contributed by atoms with Gasteiger partial charge in [-0.15, -0.1) is 0 Å². The van der Waals surface area contributed by atoms with Crippen molar-refractivity contribution in [2.75, 3.05) is 6.61 Å². The topological polar surface area (TPSA) is 46.5 Å². The minimum absolute atomic E-state index is 0.103. The smallest absolute Gasteiger partial charge is 0.302 e. The van der Waals surface area contributed by atoms with Gasteiger partial charge >= 0.3 is 5.97 Å². The fraction of sp³-hybridized carbons (Fsp3) is 0.500. The first-order valence-corrected chi connectivity index (χ1v) is 8.86. The molecule has 1 atom stereocenters. The van der Waals surface area contributed by atoms with Crippen molar-refractivity contribution in [1.82, 2.24) is 0 Å². The van der Waals surface area contributed by atoms with Crippen LogP contribution in [0.5, 0.6) is 0 Å². The molecule has 1 rings (SSSR count). The van der Waals surface area contributed by atoms with E-state index in [1.165, 1.54) is 12.5 Å². The largest absolute Gasteiger partial charge is 0.462 e. The van der Waals surface area contributed by atoms with Crippen molar-refractivity contribution in [3.63, 3.8) is 0 Å². The van der Waals surface area contributed by atoms with Gasteiger partial charge < -0.3 is 9.84 Å². The third kappa shape index (κ3) is 7.27. The molecule has 0 aromatic rings. The van der Waals surface area contributed by atoms with Crippen LogP contribution >= 0.6 is 0 Å². The Bertz CT molecular complexity index is 628. The Morgan fingerprint density at radius 3 is 2.56 bits per heavy atom. The van der Waals surface area contributed by atoms with Crippen LogP contribution in [0.25, 0.3) is 0 Å². The molecular weight excluding hydrogens is 312 g/mol. The highest BCUT2D eigenvalue weighted by Gasteiger charge is 2.30. The van der Waals surface area contributed by atoms with Crippen LogP contribution in [0.1, 0.15) is 54.4 Å². The predicted molar refractivity (Wildman–Crippen MR) is 104 cm³/mol. The SMILES string of the molecule is CC(=O)OC/C=C(C)/C=C/C=C(C)/C=C/C1=C(C)[C@@H](O)CCC1(C)C. The molecule has 3 heteroatoms. The Labute approximate surface area is 152 Å². The summed E-state index contributed by atoms with van der Waals surface area (Å²) in [5.74, 6) is -0.269. The summed E-state index contributed by atoms with van der Waals surface area (Å²) < 4.78 is 4.88. The van der Waals surface area contributed by atoms with Crippen molar-refractivity contribution in [2.24, 2.45) is 5.41 Å². The average Bonchev–Trinajstić information content (AvgIpc) is 2.50. The molecule has 3 nitrogen and oxygen atoms in total. The second kappa shape index (κ2) is 9.57. The van der Waals surface area contributed by atoms with Crippen LogP contribution in [0.4, 0.5) is 0 Å². The molecule has 0 radical (unpaired) electrons. The molecule has 0 unspecified atom stereocenters. The van der Waals surface area contributed by atoms with Crippen molar-refractivity contribution in [2.45, 2.75) is 60.5 Å². The number of allylic oxidation sites excluding steroid dienone is 8. The van der Waals surface area contributed by atoms with Crippen molar-refractivity contribution in [1.29, 1.82) is 0 Å². The number of aliphatic hydroxyl groups is 1. The molecule has 1 aliphatic rings. The van der Waals surface area contributed by atoms with Crippen LogP contribution in [-0.2, 0) is 9.53 Å². The van der Waals surface area contributed by atoms with Gasteiger partial charge in [-0.05, 0) is 56.3 Å². The molecule has 138 valence electrons. The van der Waals surface area contributed by atoms with E-state index in [-0.39, 0.29) is 17.5 Å². The quantitative estimate of drug-likeness (QED) is 0.541. The molecule has 0 bridgehead atoms. The minimum atomic E-state index is -0.318. The van der Waals surface area contributed by atoms with E-state index in [1.54, 1.807) is 0 Å². The van der Waals surface area contributed by atoms with Crippen molar-refractivity contribution in [3.05, 3.63) is 58.7 Å². The Morgan fingerprint density at radius 1 is 1.24 bits per heavy atom. The van der Waals surface area contributed by atoms with Crippen molar-refractivity contribution in [3.8, 4) is 0 Å².